The van der Waals surface area contributed by atoms with E-state index in [1.54, 1.807) is 12.1 Å². The molecule has 0 aromatic heterocycles. The topological polar surface area (TPSA) is 92.4 Å². The predicted molar refractivity (Wildman–Crippen MR) is 106 cm³/mol. The van der Waals surface area contributed by atoms with Crippen molar-refractivity contribution < 1.29 is 14.7 Å². The second-order valence-electron chi connectivity index (χ2n) is 7.18. The second kappa shape index (κ2) is 8.35. The second-order valence-corrected chi connectivity index (χ2v) is 7.18. The highest BCUT2D eigenvalue weighted by Crippen LogP contribution is 2.41. The van der Waals surface area contributed by atoms with Crippen LogP contribution in [0.4, 0.5) is 5.69 Å². The first kappa shape index (κ1) is 19.1. The summed E-state index contributed by atoms with van der Waals surface area (Å²) in [7, 11) is 0. The van der Waals surface area contributed by atoms with Crippen molar-refractivity contribution in [2.24, 2.45) is 11.7 Å². The number of benzene rings is 2. The molecule has 1 aliphatic carbocycles. The summed E-state index contributed by atoms with van der Waals surface area (Å²) in [6.07, 6.45) is 2.88. The van der Waals surface area contributed by atoms with Crippen LogP contribution in [-0.2, 0) is 17.8 Å². The van der Waals surface area contributed by atoms with Crippen LogP contribution < -0.4 is 11.1 Å². The summed E-state index contributed by atoms with van der Waals surface area (Å²) >= 11 is 0. The molecule has 0 fully saturated rings. The number of carboxylic acid groups (broad SMARTS) is 1. The lowest BCUT2D eigenvalue weighted by Crippen LogP contribution is -2.23. The maximum Gasteiger partial charge on any atom is 0.303 e. The molecule has 4 N–H and O–H groups in total. The molecule has 0 saturated heterocycles. The van der Waals surface area contributed by atoms with Gasteiger partial charge in [-0.25, -0.2) is 0 Å². The number of carbonyl (C=O) groups is 2. The summed E-state index contributed by atoms with van der Waals surface area (Å²) in [5.74, 6) is -0.544. The van der Waals surface area contributed by atoms with Gasteiger partial charge in [0.15, 0.2) is 0 Å². The third-order valence-electron chi connectivity index (χ3n) is 5.49. The molecule has 2 aromatic rings. The Labute approximate surface area is 159 Å². The molecule has 5 nitrogen and oxygen atoms in total. The van der Waals surface area contributed by atoms with Crippen LogP contribution in [0.15, 0.2) is 42.5 Å². The van der Waals surface area contributed by atoms with Gasteiger partial charge in [-0.05, 0) is 72.1 Å². The van der Waals surface area contributed by atoms with Gasteiger partial charge in [0, 0.05) is 24.2 Å². The third-order valence-corrected chi connectivity index (χ3v) is 5.49. The van der Waals surface area contributed by atoms with E-state index in [0.717, 1.165) is 30.5 Å². The number of rotatable bonds is 6. The smallest absolute Gasteiger partial charge is 0.303 e. The minimum atomic E-state index is -0.743. The monoisotopic (exact) mass is 366 g/mol. The van der Waals surface area contributed by atoms with Crippen molar-refractivity contribution >= 4 is 17.6 Å². The molecule has 2 unspecified atom stereocenters. The molecule has 1 aliphatic rings. The van der Waals surface area contributed by atoms with Crippen LogP contribution in [0.3, 0.4) is 0 Å². The molecule has 0 saturated carbocycles. The van der Waals surface area contributed by atoms with Crippen LogP contribution in [0.2, 0.25) is 0 Å². The zero-order chi connectivity index (χ0) is 19.4. The van der Waals surface area contributed by atoms with Crippen LogP contribution in [0.1, 0.15) is 59.2 Å². The van der Waals surface area contributed by atoms with Crippen LogP contribution in [0.25, 0.3) is 0 Å². The molecule has 2 aromatic carbocycles. The van der Waals surface area contributed by atoms with Gasteiger partial charge in [0.05, 0.1) is 0 Å². The fourth-order valence-corrected chi connectivity index (χ4v) is 4.06. The quantitative estimate of drug-likeness (QED) is 0.722. The first-order valence-electron chi connectivity index (χ1n) is 9.46. The molecule has 0 radical (unpaired) electrons. The Kier molecular flexibility index (Phi) is 5.91. The predicted octanol–water partition coefficient (Wildman–Crippen LogP) is 3.93. The highest BCUT2D eigenvalue weighted by atomic mass is 16.4. The van der Waals surface area contributed by atoms with Crippen molar-refractivity contribution in [3.63, 3.8) is 0 Å². The van der Waals surface area contributed by atoms with E-state index in [0.29, 0.717) is 12.1 Å². The Morgan fingerprint density at radius 3 is 2.56 bits per heavy atom. The van der Waals surface area contributed by atoms with Gasteiger partial charge in [-0.2, -0.15) is 0 Å². The number of nitrogens with two attached hydrogens (primary N) is 1. The average molecular weight is 366 g/mol. The van der Waals surface area contributed by atoms with Crippen molar-refractivity contribution in [1.82, 2.24) is 0 Å². The molecular formula is C22H26N2O3. The third kappa shape index (κ3) is 4.37. The largest absolute Gasteiger partial charge is 0.481 e. The minimum Gasteiger partial charge on any atom is -0.481 e. The van der Waals surface area contributed by atoms with E-state index in [9.17, 15) is 14.7 Å². The van der Waals surface area contributed by atoms with Gasteiger partial charge in [-0.3, -0.25) is 9.59 Å². The number of nitrogens with one attached hydrogen (secondary N) is 1. The first-order valence-corrected chi connectivity index (χ1v) is 9.46. The summed E-state index contributed by atoms with van der Waals surface area (Å²) in [4.78, 5) is 23.7. The van der Waals surface area contributed by atoms with Gasteiger partial charge in [0.2, 0.25) is 0 Å². The number of aryl methyl sites for hydroxylation is 1. The summed E-state index contributed by atoms with van der Waals surface area (Å²) < 4.78 is 0. The van der Waals surface area contributed by atoms with Gasteiger partial charge < -0.3 is 16.2 Å². The summed E-state index contributed by atoms with van der Waals surface area (Å²) in [5, 5.41) is 12.2. The average Bonchev–Trinajstić information content (AvgIpc) is 2.67. The van der Waals surface area contributed by atoms with Gasteiger partial charge >= 0.3 is 5.97 Å². The van der Waals surface area contributed by atoms with E-state index in [4.69, 9.17) is 5.73 Å². The van der Waals surface area contributed by atoms with Crippen LogP contribution >= 0.6 is 0 Å². The van der Waals surface area contributed by atoms with E-state index in [2.05, 4.69) is 18.3 Å². The Hall–Kier alpha value is -2.66. The fraction of sp³-hybridized carbons (Fsp3) is 0.364. The van der Waals surface area contributed by atoms with Crippen molar-refractivity contribution in [2.45, 2.75) is 45.1 Å². The molecule has 2 atom stereocenters. The number of carboxylic acids is 1. The van der Waals surface area contributed by atoms with Crippen LogP contribution in [0, 0.1) is 5.92 Å². The molecule has 5 heteroatoms. The maximum atomic E-state index is 12.5. The zero-order valence-electron chi connectivity index (χ0n) is 15.6. The Morgan fingerprint density at radius 1 is 1.19 bits per heavy atom. The van der Waals surface area contributed by atoms with Crippen molar-refractivity contribution in [1.29, 1.82) is 0 Å². The van der Waals surface area contributed by atoms with Crippen LogP contribution in [-0.4, -0.2) is 17.0 Å². The Morgan fingerprint density at radius 2 is 1.93 bits per heavy atom. The molecule has 0 spiro atoms. The lowest BCUT2D eigenvalue weighted by molar-refractivity contribution is -0.138. The lowest BCUT2D eigenvalue weighted by atomic mass is 9.72. The number of aliphatic carboxylic acids is 1. The number of hydrogen-bond acceptors (Lipinski definition) is 3. The molecular weight excluding hydrogens is 340 g/mol. The van der Waals surface area contributed by atoms with Crippen molar-refractivity contribution in [3.8, 4) is 0 Å². The standard InChI is InChI=1S/C22H26N2O3/c1-2-19-17(11-21(25)26)8-7-15-9-10-18(12-20(15)19)24-22(27)16-5-3-14(13-23)4-6-16/h3-6,9-10,12,17,19H,2,7-8,11,13,23H2,1H3,(H,24,27)(H,25,26). The van der Waals surface area contributed by atoms with E-state index in [-0.39, 0.29) is 24.2 Å². The van der Waals surface area contributed by atoms with Gasteiger partial charge in [0.1, 0.15) is 0 Å². The molecule has 0 aliphatic heterocycles. The molecule has 27 heavy (non-hydrogen) atoms. The normalized spacial score (nSPS) is 18.6. The summed E-state index contributed by atoms with van der Waals surface area (Å²) in [6.45, 7) is 2.54. The van der Waals surface area contributed by atoms with Crippen LogP contribution in [0.5, 0.6) is 0 Å². The fourth-order valence-electron chi connectivity index (χ4n) is 4.06. The number of amides is 1. The number of fused-ring (bicyclic) bond motifs is 1. The van der Waals surface area contributed by atoms with E-state index < -0.39 is 5.97 Å². The highest BCUT2D eigenvalue weighted by Gasteiger charge is 2.30. The number of carbonyl (C=O) groups excluding carboxylic acids is 1. The van der Waals surface area contributed by atoms with E-state index in [1.807, 2.05) is 24.3 Å². The highest BCUT2D eigenvalue weighted by molar-refractivity contribution is 6.04. The first-order chi connectivity index (χ1) is 13.0. The number of hydrogen-bond donors (Lipinski definition) is 3. The van der Waals surface area contributed by atoms with Gasteiger partial charge in [-0.15, -0.1) is 0 Å². The minimum absolute atomic E-state index is 0.148. The molecule has 0 bridgehead atoms. The lowest BCUT2D eigenvalue weighted by Gasteiger charge is -2.32. The zero-order valence-corrected chi connectivity index (χ0v) is 15.6. The Balaban J connectivity index is 1.80. The summed E-state index contributed by atoms with van der Waals surface area (Å²) in [5.41, 5.74) is 10.3. The maximum absolute atomic E-state index is 12.5. The van der Waals surface area contributed by atoms with Crippen molar-refractivity contribution in [3.05, 3.63) is 64.7 Å². The van der Waals surface area contributed by atoms with Crippen molar-refractivity contribution in [2.75, 3.05) is 5.32 Å². The van der Waals surface area contributed by atoms with Gasteiger partial charge in [0.25, 0.3) is 5.91 Å². The molecule has 1 amide bonds. The number of anilines is 1. The molecule has 3 rings (SSSR count). The van der Waals surface area contributed by atoms with Gasteiger partial charge in [-0.1, -0.05) is 25.1 Å². The molecule has 142 valence electrons. The SMILES string of the molecule is CCC1c2cc(NC(=O)c3ccc(CN)cc3)ccc2CCC1CC(=O)O. The Bertz CT molecular complexity index is 830. The summed E-state index contributed by atoms with van der Waals surface area (Å²) in [6, 6.07) is 13.2. The van der Waals surface area contributed by atoms with E-state index >= 15 is 0 Å². The molecule has 0 heterocycles. The van der Waals surface area contributed by atoms with E-state index in [1.165, 1.54) is 11.1 Å².